The number of aromatic nitrogens is 4. The molecule has 80 valence electrons. The number of hydrogen-bond donors (Lipinski definition) is 0. The summed E-state index contributed by atoms with van der Waals surface area (Å²) in [5.74, 6) is 0. The summed E-state index contributed by atoms with van der Waals surface area (Å²) in [6.45, 7) is 6.52. The number of aryl methyl sites for hydroxylation is 1. The summed E-state index contributed by atoms with van der Waals surface area (Å²) >= 11 is 1.51. The van der Waals surface area contributed by atoms with Crippen LogP contribution in [0.3, 0.4) is 0 Å². The SMILES string of the molecule is Cn1nc(-c2nncs2)cc1C(C)(C)C. The van der Waals surface area contributed by atoms with Gasteiger partial charge in [-0.05, 0) is 6.07 Å². The van der Waals surface area contributed by atoms with Crippen molar-refractivity contribution in [1.82, 2.24) is 20.0 Å². The quantitative estimate of drug-likeness (QED) is 0.743. The Morgan fingerprint density at radius 1 is 1.33 bits per heavy atom. The van der Waals surface area contributed by atoms with Gasteiger partial charge in [-0.15, -0.1) is 10.2 Å². The van der Waals surface area contributed by atoms with Gasteiger partial charge >= 0.3 is 0 Å². The summed E-state index contributed by atoms with van der Waals surface area (Å²) in [6.07, 6.45) is 0. The molecule has 0 saturated carbocycles. The Kier molecular flexibility index (Phi) is 2.34. The van der Waals surface area contributed by atoms with Gasteiger partial charge in [-0.1, -0.05) is 32.1 Å². The van der Waals surface area contributed by atoms with Crippen LogP contribution in [0.15, 0.2) is 11.6 Å². The molecule has 4 nitrogen and oxygen atoms in total. The first-order valence-electron chi connectivity index (χ1n) is 4.79. The Labute approximate surface area is 93.0 Å². The molecular weight excluding hydrogens is 208 g/mol. The minimum atomic E-state index is 0.102. The summed E-state index contributed by atoms with van der Waals surface area (Å²) in [7, 11) is 1.96. The summed E-state index contributed by atoms with van der Waals surface area (Å²) in [5, 5.41) is 13.2. The molecule has 0 aliphatic carbocycles. The van der Waals surface area contributed by atoms with Gasteiger partial charge in [0.05, 0.1) is 0 Å². The predicted octanol–water partition coefficient (Wildman–Crippen LogP) is 2.24. The minimum absolute atomic E-state index is 0.102. The molecule has 2 rings (SSSR count). The number of nitrogens with zero attached hydrogens (tertiary/aromatic N) is 4. The topological polar surface area (TPSA) is 43.6 Å². The van der Waals surface area contributed by atoms with Crippen LogP contribution in [0.1, 0.15) is 26.5 Å². The summed E-state index contributed by atoms with van der Waals surface area (Å²) in [6, 6.07) is 2.08. The third-order valence-electron chi connectivity index (χ3n) is 2.23. The van der Waals surface area contributed by atoms with E-state index in [0.29, 0.717) is 0 Å². The van der Waals surface area contributed by atoms with Gasteiger partial charge in [-0.3, -0.25) is 4.68 Å². The summed E-state index contributed by atoms with van der Waals surface area (Å²) < 4.78 is 1.91. The van der Waals surface area contributed by atoms with Crippen LogP contribution in [0.25, 0.3) is 10.7 Å². The van der Waals surface area contributed by atoms with E-state index in [1.807, 2.05) is 11.7 Å². The Morgan fingerprint density at radius 3 is 2.53 bits per heavy atom. The van der Waals surface area contributed by atoms with E-state index < -0.39 is 0 Å². The van der Waals surface area contributed by atoms with Gasteiger partial charge in [0, 0.05) is 18.2 Å². The minimum Gasteiger partial charge on any atom is -0.271 e. The van der Waals surface area contributed by atoms with E-state index in [9.17, 15) is 0 Å². The first-order valence-corrected chi connectivity index (χ1v) is 5.67. The average Bonchev–Trinajstić information content (AvgIpc) is 2.68. The molecule has 2 aromatic heterocycles. The third kappa shape index (κ3) is 1.92. The lowest BCUT2D eigenvalue weighted by Crippen LogP contribution is -2.16. The van der Waals surface area contributed by atoms with E-state index in [1.165, 1.54) is 17.0 Å². The summed E-state index contributed by atoms with van der Waals surface area (Å²) in [4.78, 5) is 0. The molecule has 0 aliphatic heterocycles. The summed E-state index contributed by atoms with van der Waals surface area (Å²) in [5.41, 5.74) is 3.93. The van der Waals surface area contributed by atoms with Crippen LogP contribution in [0.5, 0.6) is 0 Å². The average molecular weight is 222 g/mol. The van der Waals surface area contributed by atoms with Crippen LogP contribution in [-0.4, -0.2) is 20.0 Å². The van der Waals surface area contributed by atoms with Crippen molar-refractivity contribution in [3.05, 3.63) is 17.3 Å². The standard InChI is InChI=1S/C10H14N4S/c1-10(2,3)8-5-7(13-14(8)4)9-12-11-6-15-9/h5-6H,1-4H3. The Bertz CT molecular complexity index is 450. The number of hydrogen-bond acceptors (Lipinski definition) is 4. The Morgan fingerprint density at radius 2 is 2.07 bits per heavy atom. The molecule has 0 amide bonds. The maximum Gasteiger partial charge on any atom is 0.167 e. The van der Waals surface area contributed by atoms with Crippen LogP contribution < -0.4 is 0 Å². The van der Waals surface area contributed by atoms with Crippen molar-refractivity contribution >= 4 is 11.3 Å². The van der Waals surface area contributed by atoms with E-state index in [0.717, 1.165) is 10.7 Å². The van der Waals surface area contributed by atoms with E-state index in [1.54, 1.807) is 5.51 Å². The van der Waals surface area contributed by atoms with Gasteiger partial charge in [-0.25, -0.2) is 0 Å². The monoisotopic (exact) mass is 222 g/mol. The maximum absolute atomic E-state index is 4.44. The molecule has 2 heterocycles. The van der Waals surface area contributed by atoms with Crippen molar-refractivity contribution in [2.75, 3.05) is 0 Å². The maximum atomic E-state index is 4.44. The zero-order valence-corrected chi connectivity index (χ0v) is 10.2. The molecule has 0 aliphatic rings. The van der Waals surface area contributed by atoms with E-state index in [2.05, 4.69) is 42.1 Å². The van der Waals surface area contributed by atoms with Crippen molar-refractivity contribution < 1.29 is 0 Å². The zero-order valence-electron chi connectivity index (χ0n) is 9.35. The predicted molar refractivity (Wildman–Crippen MR) is 60.8 cm³/mol. The molecule has 2 aromatic rings. The molecule has 15 heavy (non-hydrogen) atoms. The number of rotatable bonds is 1. The van der Waals surface area contributed by atoms with E-state index >= 15 is 0 Å². The van der Waals surface area contributed by atoms with Crippen LogP contribution in [0.4, 0.5) is 0 Å². The normalized spacial score (nSPS) is 12.0. The van der Waals surface area contributed by atoms with E-state index in [4.69, 9.17) is 0 Å². The smallest absolute Gasteiger partial charge is 0.167 e. The molecule has 0 fully saturated rings. The Hall–Kier alpha value is -1.23. The molecule has 0 atom stereocenters. The largest absolute Gasteiger partial charge is 0.271 e. The first-order chi connectivity index (χ1) is 6.98. The fraction of sp³-hybridized carbons (Fsp3) is 0.500. The third-order valence-corrected chi connectivity index (χ3v) is 2.94. The highest BCUT2D eigenvalue weighted by Gasteiger charge is 2.20. The van der Waals surface area contributed by atoms with Crippen molar-refractivity contribution in [2.24, 2.45) is 7.05 Å². The van der Waals surface area contributed by atoms with Crippen molar-refractivity contribution in [1.29, 1.82) is 0 Å². The molecule has 0 radical (unpaired) electrons. The van der Waals surface area contributed by atoms with Gasteiger partial charge in [0.1, 0.15) is 11.2 Å². The molecule has 0 saturated heterocycles. The molecule has 0 N–H and O–H groups in total. The molecule has 0 aromatic carbocycles. The Balaban J connectivity index is 2.47. The van der Waals surface area contributed by atoms with Crippen LogP contribution in [0, 0.1) is 0 Å². The molecule has 5 heteroatoms. The van der Waals surface area contributed by atoms with Gasteiger partial charge in [-0.2, -0.15) is 5.10 Å². The van der Waals surface area contributed by atoms with Crippen molar-refractivity contribution in [3.8, 4) is 10.7 Å². The molecule has 0 bridgehead atoms. The van der Waals surface area contributed by atoms with Gasteiger partial charge in [0.25, 0.3) is 0 Å². The molecule has 0 unspecified atom stereocenters. The van der Waals surface area contributed by atoms with Gasteiger partial charge < -0.3 is 0 Å². The van der Waals surface area contributed by atoms with Gasteiger partial charge in [0.2, 0.25) is 0 Å². The van der Waals surface area contributed by atoms with Crippen LogP contribution in [0.2, 0.25) is 0 Å². The van der Waals surface area contributed by atoms with Crippen LogP contribution in [-0.2, 0) is 12.5 Å². The van der Waals surface area contributed by atoms with E-state index in [-0.39, 0.29) is 5.41 Å². The highest BCUT2D eigenvalue weighted by Crippen LogP contribution is 2.27. The fourth-order valence-electron chi connectivity index (χ4n) is 1.56. The highest BCUT2D eigenvalue weighted by atomic mass is 32.1. The van der Waals surface area contributed by atoms with Crippen molar-refractivity contribution in [2.45, 2.75) is 26.2 Å². The van der Waals surface area contributed by atoms with Gasteiger partial charge in [0.15, 0.2) is 5.01 Å². The second-order valence-corrected chi connectivity index (χ2v) is 5.37. The lowest BCUT2D eigenvalue weighted by atomic mass is 9.92. The first kappa shape index (κ1) is 10.3. The molecular formula is C10H14N4S. The van der Waals surface area contributed by atoms with Crippen molar-refractivity contribution in [3.63, 3.8) is 0 Å². The van der Waals surface area contributed by atoms with Crippen LogP contribution >= 0.6 is 11.3 Å². The lowest BCUT2D eigenvalue weighted by molar-refractivity contribution is 0.523. The lowest BCUT2D eigenvalue weighted by Gasteiger charge is -2.17. The highest BCUT2D eigenvalue weighted by molar-refractivity contribution is 7.12. The second-order valence-electron chi connectivity index (χ2n) is 4.53. The fourth-order valence-corrected chi connectivity index (χ4v) is 2.07. The second kappa shape index (κ2) is 3.41. The molecule has 0 spiro atoms. The zero-order chi connectivity index (χ0) is 11.1.